The first-order valence-electron chi connectivity index (χ1n) is 13.7. The first kappa shape index (κ1) is 30.3. The second kappa shape index (κ2) is 11.5. The van der Waals surface area contributed by atoms with Gasteiger partial charge in [0.1, 0.15) is 18.2 Å². The molecule has 0 radical (unpaired) electrons. The van der Waals surface area contributed by atoms with Crippen LogP contribution in [0.25, 0.3) is 0 Å². The number of ether oxygens (including phenoxy) is 1. The fraction of sp³-hybridized carbons (Fsp3) is 0.273. The number of nitrogens with two attached hydrogens (primary N) is 1. The standard InChI is InChI=1S/C33H30BrClN4O4/c1-18-11-19(2)24(12-20(18)17-43-23-8-5-21(34)6-9-23)30-25(16-36)32(37)38(27-13-22(39(41)42)7-10-26(27)35)28-14-33(3,4)15-29(40)31(28)30/h5-13,30H,14-15,17,37H2,1-4H3. The Bertz CT molecular complexity index is 1770. The zero-order valence-electron chi connectivity index (χ0n) is 24.2. The minimum atomic E-state index is -0.718. The van der Waals surface area contributed by atoms with E-state index in [-0.39, 0.29) is 46.6 Å². The van der Waals surface area contributed by atoms with Crippen LogP contribution in [0.1, 0.15) is 54.9 Å². The van der Waals surface area contributed by atoms with E-state index < -0.39 is 16.3 Å². The number of halogens is 2. The van der Waals surface area contributed by atoms with Crippen LogP contribution in [0.2, 0.25) is 5.02 Å². The molecule has 0 fully saturated rings. The molecule has 3 aromatic rings. The van der Waals surface area contributed by atoms with Crippen molar-refractivity contribution in [3.63, 3.8) is 0 Å². The monoisotopic (exact) mass is 660 g/mol. The highest BCUT2D eigenvalue weighted by Gasteiger charge is 2.45. The summed E-state index contributed by atoms with van der Waals surface area (Å²) in [7, 11) is 0. The summed E-state index contributed by atoms with van der Waals surface area (Å²) in [5.41, 5.74) is 11.3. The SMILES string of the molecule is Cc1cc(C)c(C2C(C#N)=C(N)N(c3cc([N+](=O)[O-])ccc3Cl)C3=C2C(=O)CC(C)(C)C3)cc1COc1ccc(Br)cc1. The van der Waals surface area contributed by atoms with Crippen molar-refractivity contribution < 1.29 is 14.5 Å². The maximum atomic E-state index is 14.0. The number of allylic oxidation sites excluding steroid dienone is 3. The Labute approximate surface area is 263 Å². The number of Topliss-reactive ketones (excluding diaryl/α,β-unsaturated/α-hetero) is 1. The van der Waals surface area contributed by atoms with Gasteiger partial charge in [-0.15, -0.1) is 0 Å². The van der Waals surface area contributed by atoms with Gasteiger partial charge in [-0.05, 0) is 78.3 Å². The highest BCUT2D eigenvalue weighted by molar-refractivity contribution is 9.10. The molecule has 10 heteroatoms. The van der Waals surface area contributed by atoms with Crippen LogP contribution < -0.4 is 15.4 Å². The molecule has 1 unspecified atom stereocenters. The molecule has 0 saturated carbocycles. The number of nitro groups is 1. The van der Waals surface area contributed by atoms with Gasteiger partial charge in [0.2, 0.25) is 0 Å². The minimum Gasteiger partial charge on any atom is -0.489 e. The molecule has 220 valence electrons. The van der Waals surface area contributed by atoms with Crippen molar-refractivity contribution >= 4 is 44.7 Å². The number of benzene rings is 3. The van der Waals surface area contributed by atoms with Crippen LogP contribution in [-0.2, 0) is 11.4 Å². The van der Waals surface area contributed by atoms with E-state index in [2.05, 4.69) is 22.0 Å². The van der Waals surface area contributed by atoms with E-state index in [9.17, 15) is 20.2 Å². The molecule has 2 aliphatic rings. The highest BCUT2D eigenvalue weighted by Crippen LogP contribution is 2.52. The van der Waals surface area contributed by atoms with Crippen LogP contribution in [0.4, 0.5) is 11.4 Å². The fourth-order valence-corrected chi connectivity index (χ4v) is 6.42. The number of carbonyl (C=O) groups is 1. The lowest BCUT2D eigenvalue weighted by atomic mass is 9.68. The third-order valence-electron chi connectivity index (χ3n) is 8.01. The molecule has 0 saturated heterocycles. The molecule has 1 aliphatic heterocycles. The van der Waals surface area contributed by atoms with Crippen molar-refractivity contribution in [3.05, 3.63) is 119 Å². The molecule has 0 aromatic heterocycles. The lowest BCUT2D eigenvalue weighted by molar-refractivity contribution is -0.384. The van der Waals surface area contributed by atoms with Crippen LogP contribution in [0.3, 0.4) is 0 Å². The van der Waals surface area contributed by atoms with E-state index >= 15 is 0 Å². The molecule has 0 amide bonds. The summed E-state index contributed by atoms with van der Waals surface area (Å²) in [5, 5.41) is 22.4. The molecule has 0 bridgehead atoms. The maximum absolute atomic E-state index is 14.0. The number of anilines is 1. The summed E-state index contributed by atoms with van der Waals surface area (Å²) < 4.78 is 7.03. The van der Waals surface area contributed by atoms with E-state index in [1.165, 1.54) is 18.2 Å². The number of carbonyl (C=O) groups excluding carboxylic acids is 1. The molecule has 8 nitrogen and oxygen atoms in total. The predicted octanol–water partition coefficient (Wildman–Crippen LogP) is 8.15. The van der Waals surface area contributed by atoms with E-state index in [1.807, 2.05) is 64.1 Å². The Kier molecular flexibility index (Phi) is 8.12. The second-order valence-corrected chi connectivity index (χ2v) is 13.1. The summed E-state index contributed by atoms with van der Waals surface area (Å²) in [6.45, 7) is 8.22. The first-order valence-corrected chi connectivity index (χ1v) is 14.9. The third kappa shape index (κ3) is 5.77. The van der Waals surface area contributed by atoms with Crippen molar-refractivity contribution in [1.82, 2.24) is 0 Å². The second-order valence-electron chi connectivity index (χ2n) is 11.8. The maximum Gasteiger partial charge on any atom is 0.271 e. The number of nitro benzene ring substituents is 1. The van der Waals surface area contributed by atoms with Gasteiger partial charge in [0.05, 0.1) is 33.2 Å². The number of nitriles is 1. The van der Waals surface area contributed by atoms with Gasteiger partial charge in [0.25, 0.3) is 5.69 Å². The van der Waals surface area contributed by atoms with Gasteiger partial charge < -0.3 is 10.5 Å². The van der Waals surface area contributed by atoms with Crippen molar-refractivity contribution in [2.24, 2.45) is 11.1 Å². The third-order valence-corrected chi connectivity index (χ3v) is 8.85. The molecule has 3 aromatic carbocycles. The van der Waals surface area contributed by atoms with Gasteiger partial charge in [-0.25, -0.2) is 0 Å². The van der Waals surface area contributed by atoms with Gasteiger partial charge in [-0.3, -0.25) is 19.8 Å². The molecular weight excluding hydrogens is 632 g/mol. The highest BCUT2D eigenvalue weighted by atomic mass is 79.9. The van der Waals surface area contributed by atoms with Crippen LogP contribution in [0.5, 0.6) is 5.75 Å². The van der Waals surface area contributed by atoms with Crippen LogP contribution in [-0.4, -0.2) is 10.7 Å². The Morgan fingerprint density at radius 1 is 1.14 bits per heavy atom. The zero-order valence-corrected chi connectivity index (χ0v) is 26.5. The fourth-order valence-electron chi connectivity index (χ4n) is 5.96. The minimum absolute atomic E-state index is 0.0896. The Morgan fingerprint density at radius 2 is 1.84 bits per heavy atom. The number of ketones is 1. The number of nitrogens with zero attached hydrogens (tertiary/aromatic N) is 3. The summed E-state index contributed by atoms with van der Waals surface area (Å²) in [6.07, 6.45) is 0.731. The molecular formula is C33H30BrClN4O4. The molecule has 0 spiro atoms. The number of hydrogen-bond acceptors (Lipinski definition) is 7. The van der Waals surface area contributed by atoms with Crippen LogP contribution in [0, 0.1) is 40.7 Å². The number of non-ortho nitro benzene ring substituents is 1. The van der Waals surface area contributed by atoms with Gasteiger partial charge in [-0.1, -0.05) is 53.5 Å². The molecule has 1 atom stereocenters. The zero-order chi connectivity index (χ0) is 31.2. The van der Waals surface area contributed by atoms with Gasteiger partial charge in [0, 0.05) is 34.3 Å². The van der Waals surface area contributed by atoms with Crippen molar-refractivity contribution in [2.75, 3.05) is 4.90 Å². The summed E-state index contributed by atoms with van der Waals surface area (Å²) in [4.78, 5) is 26.7. The lowest BCUT2D eigenvalue weighted by Crippen LogP contribution is -2.42. The Balaban J connectivity index is 1.69. The summed E-state index contributed by atoms with van der Waals surface area (Å²) in [5.74, 6) is -0.0183. The van der Waals surface area contributed by atoms with Crippen molar-refractivity contribution in [1.29, 1.82) is 5.26 Å². The summed E-state index contributed by atoms with van der Waals surface area (Å²) >= 11 is 10.0. The van der Waals surface area contributed by atoms with Gasteiger partial charge in [0.15, 0.2) is 5.78 Å². The first-order chi connectivity index (χ1) is 20.3. The quantitative estimate of drug-likeness (QED) is 0.209. The van der Waals surface area contributed by atoms with E-state index in [4.69, 9.17) is 22.1 Å². The van der Waals surface area contributed by atoms with Gasteiger partial charge >= 0.3 is 0 Å². The molecule has 2 N–H and O–H groups in total. The predicted molar refractivity (Wildman–Crippen MR) is 170 cm³/mol. The Morgan fingerprint density at radius 3 is 2.49 bits per heavy atom. The smallest absolute Gasteiger partial charge is 0.271 e. The largest absolute Gasteiger partial charge is 0.489 e. The van der Waals surface area contributed by atoms with E-state index in [0.29, 0.717) is 23.4 Å². The number of hydrogen-bond donors (Lipinski definition) is 1. The number of aryl methyl sites for hydroxylation is 2. The van der Waals surface area contributed by atoms with Crippen molar-refractivity contribution in [2.45, 2.75) is 53.1 Å². The summed E-state index contributed by atoms with van der Waals surface area (Å²) in [6, 6.07) is 17.9. The molecule has 1 aliphatic carbocycles. The normalized spacial score (nSPS) is 17.9. The Hall–Kier alpha value is -4.13. The van der Waals surface area contributed by atoms with Crippen LogP contribution in [0.15, 0.2) is 81.7 Å². The lowest BCUT2D eigenvalue weighted by Gasteiger charge is -2.44. The van der Waals surface area contributed by atoms with Crippen molar-refractivity contribution in [3.8, 4) is 11.8 Å². The average molecular weight is 662 g/mol. The molecule has 43 heavy (non-hydrogen) atoms. The van der Waals surface area contributed by atoms with E-state index in [0.717, 1.165) is 26.7 Å². The number of rotatable bonds is 6. The van der Waals surface area contributed by atoms with Crippen LogP contribution >= 0.6 is 27.5 Å². The topological polar surface area (TPSA) is 122 Å². The molecule has 5 rings (SSSR count). The van der Waals surface area contributed by atoms with Gasteiger partial charge in [-0.2, -0.15) is 5.26 Å². The average Bonchev–Trinajstić information content (AvgIpc) is 2.93. The molecule has 1 heterocycles. The van der Waals surface area contributed by atoms with E-state index in [1.54, 1.807) is 4.90 Å².